The van der Waals surface area contributed by atoms with Crippen molar-refractivity contribution in [1.29, 1.82) is 5.53 Å². The van der Waals surface area contributed by atoms with Gasteiger partial charge in [0.05, 0.1) is 6.54 Å². The highest BCUT2D eigenvalue weighted by Gasteiger charge is 2.13. The van der Waals surface area contributed by atoms with Crippen LogP contribution in [0.2, 0.25) is 0 Å². The van der Waals surface area contributed by atoms with Gasteiger partial charge in [-0.3, -0.25) is 0 Å². The van der Waals surface area contributed by atoms with Gasteiger partial charge in [-0.05, 0) is 29.9 Å². The van der Waals surface area contributed by atoms with Crippen molar-refractivity contribution in [3.8, 4) is 0 Å². The van der Waals surface area contributed by atoms with Gasteiger partial charge in [0.15, 0.2) is 0 Å². The zero-order valence-corrected chi connectivity index (χ0v) is 10.5. The summed E-state index contributed by atoms with van der Waals surface area (Å²) in [5.41, 5.74) is 9.39. The fraction of sp³-hybridized carbons (Fsp3) is 0.600. The molecule has 2 nitrogen and oxygen atoms in total. The Hall–Kier alpha value is -1.18. The van der Waals surface area contributed by atoms with Crippen molar-refractivity contribution < 1.29 is 0 Å². The van der Waals surface area contributed by atoms with Crippen LogP contribution in [0.15, 0.2) is 29.4 Å². The highest BCUT2D eigenvalue weighted by atomic mass is 14.9. The third-order valence-corrected chi connectivity index (χ3v) is 3.84. The normalized spacial score (nSPS) is 16.2. The van der Waals surface area contributed by atoms with E-state index in [0.717, 1.165) is 11.5 Å². The average Bonchev–Trinajstić information content (AvgIpc) is 2.85. The summed E-state index contributed by atoms with van der Waals surface area (Å²) < 4.78 is 0. The highest BCUT2D eigenvalue weighted by molar-refractivity contribution is 5.22. The lowest BCUT2D eigenvalue weighted by atomic mass is 9.98. The Kier molecular flexibility index (Phi) is 4.72. The molecule has 1 aromatic carbocycles. The minimum atomic E-state index is 0.516. The van der Waals surface area contributed by atoms with E-state index >= 15 is 0 Å². The van der Waals surface area contributed by atoms with Crippen LogP contribution in [0.4, 0.5) is 0 Å². The molecule has 17 heavy (non-hydrogen) atoms. The van der Waals surface area contributed by atoms with E-state index in [2.05, 4.69) is 29.4 Å². The van der Waals surface area contributed by atoms with Crippen LogP contribution >= 0.6 is 0 Å². The molecule has 0 aromatic heterocycles. The number of hydrogen-bond acceptors (Lipinski definition) is 2. The van der Waals surface area contributed by atoms with Gasteiger partial charge < -0.3 is 0 Å². The van der Waals surface area contributed by atoms with Crippen molar-refractivity contribution in [2.75, 3.05) is 0 Å². The molecule has 2 rings (SSSR count). The Morgan fingerprint density at radius 3 is 2.35 bits per heavy atom. The van der Waals surface area contributed by atoms with Gasteiger partial charge >= 0.3 is 0 Å². The fourth-order valence-electron chi connectivity index (χ4n) is 2.80. The molecule has 1 aliphatic carbocycles. The summed E-state index contributed by atoms with van der Waals surface area (Å²) in [7, 11) is 0. The third kappa shape index (κ3) is 3.95. The number of benzene rings is 1. The molecule has 1 aliphatic rings. The first kappa shape index (κ1) is 12.3. The molecule has 0 spiro atoms. The lowest BCUT2D eigenvalue weighted by Gasteiger charge is -2.08. The summed E-state index contributed by atoms with van der Waals surface area (Å²) in [6.45, 7) is 0.516. The zero-order valence-electron chi connectivity index (χ0n) is 10.5. The summed E-state index contributed by atoms with van der Waals surface area (Å²) in [6, 6.07) is 8.58. The number of nitrogens with one attached hydrogen (secondary N) is 1. The molecule has 1 aromatic rings. The molecule has 92 valence electrons. The number of rotatable bonds is 6. The van der Waals surface area contributed by atoms with Crippen molar-refractivity contribution in [1.82, 2.24) is 0 Å². The maximum absolute atomic E-state index is 6.83. The van der Waals surface area contributed by atoms with E-state index < -0.39 is 0 Å². The largest absolute Gasteiger partial charge is 0.210 e. The minimum Gasteiger partial charge on any atom is -0.210 e. The van der Waals surface area contributed by atoms with E-state index in [1.165, 1.54) is 50.5 Å². The van der Waals surface area contributed by atoms with E-state index in [1.54, 1.807) is 0 Å². The molecule has 0 amide bonds. The third-order valence-electron chi connectivity index (χ3n) is 3.84. The molecule has 0 heterocycles. The van der Waals surface area contributed by atoms with Crippen LogP contribution in [0, 0.1) is 11.4 Å². The second-order valence-electron chi connectivity index (χ2n) is 5.18. The van der Waals surface area contributed by atoms with Crippen molar-refractivity contribution in [3.05, 3.63) is 35.4 Å². The highest BCUT2D eigenvalue weighted by Crippen LogP contribution is 2.28. The van der Waals surface area contributed by atoms with Crippen LogP contribution in [0.25, 0.3) is 0 Å². The Bertz CT molecular complexity index is 336. The fourth-order valence-corrected chi connectivity index (χ4v) is 2.80. The van der Waals surface area contributed by atoms with Gasteiger partial charge in [-0.1, -0.05) is 56.4 Å². The van der Waals surface area contributed by atoms with Crippen LogP contribution in [0.1, 0.15) is 49.7 Å². The SMILES string of the molecule is N=NCc1ccc(CCCC2CCCC2)cc1. The molecule has 1 fully saturated rings. The van der Waals surface area contributed by atoms with Crippen LogP contribution in [0.5, 0.6) is 0 Å². The van der Waals surface area contributed by atoms with Crippen LogP contribution < -0.4 is 0 Å². The Balaban J connectivity index is 1.72. The second-order valence-corrected chi connectivity index (χ2v) is 5.18. The maximum Gasteiger partial charge on any atom is 0.0846 e. The number of aryl methyl sites for hydroxylation is 1. The monoisotopic (exact) mass is 230 g/mol. The van der Waals surface area contributed by atoms with Gasteiger partial charge in [-0.15, -0.1) is 0 Å². The summed E-state index contributed by atoms with van der Waals surface area (Å²) >= 11 is 0. The quantitative estimate of drug-likeness (QED) is 0.686. The Morgan fingerprint density at radius 1 is 1.06 bits per heavy atom. The molecular formula is C15H22N2. The molecular weight excluding hydrogens is 208 g/mol. The van der Waals surface area contributed by atoms with Crippen molar-refractivity contribution in [2.45, 2.75) is 51.5 Å². The molecule has 1 N–H and O–H groups in total. The van der Waals surface area contributed by atoms with Crippen molar-refractivity contribution in [2.24, 2.45) is 11.0 Å². The lowest BCUT2D eigenvalue weighted by molar-refractivity contribution is 0.484. The number of hydrogen-bond donors (Lipinski definition) is 1. The first-order chi connectivity index (χ1) is 8.38. The smallest absolute Gasteiger partial charge is 0.0846 e. The van der Waals surface area contributed by atoms with E-state index in [0.29, 0.717) is 6.54 Å². The molecule has 0 radical (unpaired) electrons. The first-order valence-corrected chi connectivity index (χ1v) is 6.79. The molecule has 0 unspecified atom stereocenters. The summed E-state index contributed by atoms with van der Waals surface area (Å²) in [5, 5.41) is 3.40. The minimum absolute atomic E-state index is 0.516. The molecule has 2 heteroatoms. The predicted octanol–water partition coefficient (Wildman–Crippen LogP) is 4.73. The molecule has 0 bridgehead atoms. The van der Waals surface area contributed by atoms with Crippen LogP contribution in [0.3, 0.4) is 0 Å². The average molecular weight is 230 g/mol. The van der Waals surface area contributed by atoms with Gasteiger partial charge in [-0.25, -0.2) is 5.53 Å². The zero-order chi connectivity index (χ0) is 11.9. The molecule has 1 saturated carbocycles. The molecule has 0 saturated heterocycles. The lowest BCUT2D eigenvalue weighted by Crippen LogP contribution is -1.95. The summed E-state index contributed by atoms with van der Waals surface area (Å²) in [5.74, 6) is 1.01. The second kappa shape index (κ2) is 6.53. The van der Waals surface area contributed by atoms with Gasteiger partial charge in [0.2, 0.25) is 0 Å². The van der Waals surface area contributed by atoms with E-state index in [1.807, 2.05) is 0 Å². The van der Waals surface area contributed by atoms with E-state index in [9.17, 15) is 0 Å². The summed E-state index contributed by atoms with van der Waals surface area (Å²) in [4.78, 5) is 0. The topological polar surface area (TPSA) is 36.2 Å². The first-order valence-electron chi connectivity index (χ1n) is 6.79. The van der Waals surface area contributed by atoms with E-state index in [4.69, 9.17) is 5.53 Å². The molecule has 0 aliphatic heterocycles. The van der Waals surface area contributed by atoms with Crippen LogP contribution in [-0.2, 0) is 13.0 Å². The van der Waals surface area contributed by atoms with Gasteiger partial charge in [0.25, 0.3) is 0 Å². The Labute approximate surface area is 104 Å². The predicted molar refractivity (Wildman–Crippen MR) is 70.2 cm³/mol. The molecule has 0 atom stereocenters. The van der Waals surface area contributed by atoms with Crippen LogP contribution in [-0.4, -0.2) is 0 Å². The summed E-state index contributed by atoms with van der Waals surface area (Å²) in [6.07, 6.45) is 9.77. The van der Waals surface area contributed by atoms with Crippen molar-refractivity contribution in [3.63, 3.8) is 0 Å². The van der Waals surface area contributed by atoms with Crippen molar-refractivity contribution >= 4 is 0 Å². The van der Waals surface area contributed by atoms with E-state index in [-0.39, 0.29) is 0 Å². The van der Waals surface area contributed by atoms with Gasteiger partial charge in [0, 0.05) is 0 Å². The Morgan fingerprint density at radius 2 is 1.71 bits per heavy atom. The van der Waals surface area contributed by atoms with Gasteiger partial charge in [-0.2, -0.15) is 5.11 Å². The van der Waals surface area contributed by atoms with Gasteiger partial charge in [0.1, 0.15) is 0 Å². The standard InChI is InChI=1S/C15H22N2/c16-17-12-15-10-8-14(9-11-15)7-3-6-13-4-1-2-5-13/h8-11,13,16H,1-7,12H2. The maximum atomic E-state index is 6.83. The number of nitrogens with zero attached hydrogens (tertiary/aromatic N) is 1.